The molecule has 14 heavy (non-hydrogen) atoms. The van der Waals surface area contributed by atoms with Crippen LogP contribution in [0.3, 0.4) is 0 Å². The highest BCUT2D eigenvalue weighted by Gasteiger charge is 2.29. The largest absolute Gasteiger partial charge is 0.481 e. The molecule has 0 aromatic carbocycles. The van der Waals surface area contributed by atoms with E-state index in [1.165, 1.54) is 0 Å². The molecule has 1 aliphatic rings. The number of carboxylic acid groups (broad SMARTS) is 1. The van der Waals surface area contributed by atoms with Gasteiger partial charge in [0.15, 0.2) is 0 Å². The van der Waals surface area contributed by atoms with Crippen molar-refractivity contribution >= 4 is 5.97 Å². The van der Waals surface area contributed by atoms with E-state index in [4.69, 9.17) is 5.11 Å². The van der Waals surface area contributed by atoms with E-state index in [-0.39, 0.29) is 12.0 Å². The molecule has 0 radical (unpaired) electrons. The van der Waals surface area contributed by atoms with Crippen molar-refractivity contribution in [2.75, 3.05) is 26.2 Å². The zero-order valence-corrected chi connectivity index (χ0v) is 9.05. The molecule has 1 heterocycles. The SMILES string of the molecule is CC(C)(CC(=O)O)N1CCCNCC1. The fraction of sp³-hybridized carbons (Fsp3) is 0.900. The first-order valence-corrected chi connectivity index (χ1v) is 5.20. The van der Waals surface area contributed by atoms with Crippen LogP contribution in [0.2, 0.25) is 0 Å². The molecule has 0 unspecified atom stereocenters. The first kappa shape index (κ1) is 11.5. The highest BCUT2D eigenvalue weighted by Crippen LogP contribution is 2.19. The van der Waals surface area contributed by atoms with Gasteiger partial charge in [0.1, 0.15) is 0 Å². The van der Waals surface area contributed by atoms with Crippen LogP contribution in [0.1, 0.15) is 26.7 Å². The predicted octanol–water partition coefficient (Wildman–Crippen LogP) is 0.535. The fourth-order valence-electron chi connectivity index (χ4n) is 1.93. The third-order valence-corrected chi connectivity index (χ3v) is 2.78. The zero-order chi connectivity index (χ0) is 10.6. The van der Waals surface area contributed by atoms with Crippen LogP contribution in [0, 0.1) is 0 Å². The highest BCUT2D eigenvalue weighted by atomic mass is 16.4. The van der Waals surface area contributed by atoms with Gasteiger partial charge in [0.2, 0.25) is 0 Å². The van der Waals surface area contributed by atoms with Crippen LogP contribution in [-0.4, -0.2) is 47.7 Å². The number of hydrogen-bond donors (Lipinski definition) is 2. The first-order chi connectivity index (χ1) is 6.52. The number of rotatable bonds is 3. The molecule has 4 heteroatoms. The monoisotopic (exact) mass is 200 g/mol. The summed E-state index contributed by atoms with van der Waals surface area (Å²) in [6.07, 6.45) is 1.32. The molecule has 1 saturated heterocycles. The molecule has 4 nitrogen and oxygen atoms in total. The summed E-state index contributed by atoms with van der Waals surface area (Å²) in [4.78, 5) is 13.0. The van der Waals surface area contributed by atoms with Gasteiger partial charge >= 0.3 is 5.97 Å². The molecular weight excluding hydrogens is 180 g/mol. The van der Waals surface area contributed by atoms with Crippen molar-refractivity contribution in [1.29, 1.82) is 0 Å². The van der Waals surface area contributed by atoms with E-state index in [9.17, 15) is 4.79 Å². The summed E-state index contributed by atoms with van der Waals surface area (Å²) in [5, 5.41) is 12.1. The van der Waals surface area contributed by atoms with Gasteiger partial charge in [0.05, 0.1) is 6.42 Å². The lowest BCUT2D eigenvalue weighted by Crippen LogP contribution is -2.47. The van der Waals surface area contributed by atoms with E-state index in [1.807, 2.05) is 13.8 Å². The number of carbonyl (C=O) groups is 1. The summed E-state index contributed by atoms with van der Waals surface area (Å²) >= 11 is 0. The van der Waals surface area contributed by atoms with Crippen LogP contribution >= 0.6 is 0 Å². The maximum absolute atomic E-state index is 10.7. The van der Waals surface area contributed by atoms with Crippen LogP contribution in [-0.2, 0) is 4.79 Å². The van der Waals surface area contributed by atoms with Gasteiger partial charge in [0.25, 0.3) is 0 Å². The van der Waals surface area contributed by atoms with Crippen molar-refractivity contribution in [3.63, 3.8) is 0 Å². The Hall–Kier alpha value is -0.610. The molecule has 0 aromatic rings. The van der Waals surface area contributed by atoms with Crippen LogP contribution in [0.5, 0.6) is 0 Å². The molecule has 1 fully saturated rings. The van der Waals surface area contributed by atoms with Crippen molar-refractivity contribution < 1.29 is 9.90 Å². The van der Waals surface area contributed by atoms with Gasteiger partial charge in [-0.2, -0.15) is 0 Å². The maximum Gasteiger partial charge on any atom is 0.305 e. The lowest BCUT2D eigenvalue weighted by Gasteiger charge is -2.36. The molecule has 0 spiro atoms. The number of aliphatic carboxylic acids is 1. The molecule has 0 saturated carbocycles. The Morgan fingerprint density at radius 1 is 1.43 bits per heavy atom. The minimum atomic E-state index is -0.716. The summed E-state index contributed by atoms with van der Waals surface area (Å²) < 4.78 is 0. The first-order valence-electron chi connectivity index (χ1n) is 5.20. The highest BCUT2D eigenvalue weighted by molar-refractivity contribution is 5.68. The summed E-state index contributed by atoms with van der Waals surface area (Å²) in [5.41, 5.74) is -0.224. The van der Waals surface area contributed by atoms with Gasteiger partial charge in [-0.3, -0.25) is 9.69 Å². The molecule has 0 aromatic heterocycles. The van der Waals surface area contributed by atoms with Crippen molar-refractivity contribution in [1.82, 2.24) is 10.2 Å². The zero-order valence-electron chi connectivity index (χ0n) is 9.05. The predicted molar refractivity (Wildman–Crippen MR) is 55.4 cm³/mol. The lowest BCUT2D eigenvalue weighted by atomic mass is 9.98. The average molecular weight is 200 g/mol. The van der Waals surface area contributed by atoms with Gasteiger partial charge in [0, 0.05) is 18.6 Å². The Morgan fingerprint density at radius 2 is 2.14 bits per heavy atom. The van der Waals surface area contributed by atoms with E-state index < -0.39 is 5.97 Å². The standard InChI is InChI=1S/C10H20N2O2/c1-10(2,8-9(13)14)12-6-3-4-11-5-7-12/h11H,3-8H2,1-2H3,(H,13,14). The number of nitrogens with one attached hydrogen (secondary N) is 1. The molecule has 1 rings (SSSR count). The second kappa shape index (κ2) is 4.75. The molecule has 0 atom stereocenters. The second-order valence-corrected chi connectivity index (χ2v) is 4.47. The van der Waals surface area contributed by atoms with Gasteiger partial charge in [-0.25, -0.2) is 0 Å². The molecule has 1 aliphatic heterocycles. The Kier molecular flexibility index (Phi) is 3.89. The van der Waals surface area contributed by atoms with Crippen molar-refractivity contribution in [3.8, 4) is 0 Å². The Morgan fingerprint density at radius 3 is 2.79 bits per heavy atom. The van der Waals surface area contributed by atoms with Crippen LogP contribution < -0.4 is 5.32 Å². The van der Waals surface area contributed by atoms with E-state index in [0.717, 1.165) is 32.6 Å². The van der Waals surface area contributed by atoms with Gasteiger partial charge in [-0.1, -0.05) is 0 Å². The topological polar surface area (TPSA) is 52.6 Å². The third-order valence-electron chi connectivity index (χ3n) is 2.78. The van der Waals surface area contributed by atoms with Crippen LogP contribution in [0.25, 0.3) is 0 Å². The van der Waals surface area contributed by atoms with Crippen molar-refractivity contribution in [3.05, 3.63) is 0 Å². The molecule has 0 amide bonds. The minimum absolute atomic E-state index is 0.215. The summed E-state index contributed by atoms with van der Waals surface area (Å²) in [5.74, 6) is -0.716. The van der Waals surface area contributed by atoms with E-state index in [2.05, 4.69) is 10.2 Å². The fourth-order valence-corrected chi connectivity index (χ4v) is 1.93. The van der Waals surface area contributed by atoms with E-state index in [1.54, 1.807) is 0 Å². The van der Waals surface area contributed by atoms with Gasteiger partial charge < -0.3 is 10.4 Å². The average Bonchev–Trinajstić information content (AvgIpc) is 2.28. The third kappa shape index (κ3) is 3.27. The number of nitrogens with zero attached hydrogens (tertiary/aromatic N) is 1. The van der Waals surface area contributed by atoms with Crippen molar-refractivity contribution in [2.45, 2.75) is 32.2 Å². The maximum atomic E-state index is 10.7. The second-order valence-electron chi connectivity index (χ2n) is 4.47. The molecule has 2 N–H and O–H groups in total. The lowest BCUT2D eigenvalue weighted by molar-refractivity contribution is -0.139. The van der Waals surface area contributed by atoms with Gasteiger partial charge in [-0.05, 0) is 33.4 Å². The Labute approximate surface area is 85.3 Å². The quantitative estimate of drug-likeness (QED) is 0.698. The summed E-state index contributed by atoms with van der Waals surface area (Å²) in [6.45, 7) is 7.95. The van der Waals surface area contributed by atoms with Crippen LogP contribution in [0.4, 0.5) is 0 Å². The molecule has 82 valence electrons. The van der Waals surface area contributed by atoms with E-state index in [0.29, 0.717) is 0 Å². The minimum Gasteiger partial charge on any atom is -0.481 e. The van der Waals surface area contributed by atoms with Crippen LogP contribution in [0.15, 0.2) is 0 Å². The number of hydrogen-bond acceptors (Lipinski definition) is 3. The Balaban J connectivity index is 2.54. The smallest absolute Gasteiger partial charge is 0.305 e. The normalized spacial score (nSPS) is 20.4. The summed E-state index contributed by atoms with van der Waals surface area (Å²) in [6, 6.07) is 0. The number of carboxylic acids is 1. The Bertz CT molecular complexity index is 196. The molecule has 0 bridgehead atoms. The molecular formula is C10H20N2O2. The van der Waals surface area contributed by atoms with Gasteiger partial charge in [-0.15, -0.1) is 0 Å². The summed E-state index contributed by atoms with van der Waals surface area (Å²) in [7, 11) is 0. The van der Waals surface area contributed by atoms with Crippen molar-refractivity contribution in [2.24, 2.45) is 0 Å². The molecule has 0 aliphatic carbocycles. The van der Waals surface area contributed by atoms with E-state index >= 15 is 0 Å².